The van der Waals surface area contributed by atoms with Gasteiger partial charge in [0.25, 0.3) is 5.91 Å². The van der Waals surface area contributed by atoms with E-state index >= 15 is 0 Å². The van der Waals surface area contributed by atoms with Gasteiger partial charge in [0.05, 0.1) is 5.56 Å². The zero-order chi connectivity index (χ0) is 20.9. The molecule has 8 heteroatoms. The number of fused-ring (bicyclic) bond motifs is 1. The second-order valence-electron chi connectivity index (χ2n) is 7.66. The van der Waals surface area contributed by atoms with Crippen LogP contribution in [0.2, 0.25) is 0 Å². The number of nitrogens with one attached hydrogen (secondary N) is 2. The minimum absolute atomic E-state index is 0.132. The Labute approximate surface area is 173 Å². The second kappa shape index (κ2) is 8.94. The SMILES string of the molecule is O=C(Cn1nc2ccc(C(=O)NCc3ccccc3)cn2c1=O)NC1CCCCC1. The number of hydrogen-bond donors (Lipinski definition) is 2. The lowest BCUT2D eigenvalue weighted by Crippen LogP contribution is -2.40. The van der Waals surface area contributed by atoms with E-state index in [2.05, 4.69) is 15.7 Å². The van der Waals surface area contributed by atoms with E-state index in [0.29, 0.717) is 17.8 Å². The fraction of sp³-hybridized carbons (Fsp3) is 0.364. The van der Waals surface area contributed by atoms with Crippen LogP contribution in [-0.2, 0) is 17.9 Å². The van der Waals surface area contributed by atoms with Crippen LogP contribution >= 0.6 is 0 Å². The fourth-order valence-electron chi connectivity index (χ4n) is 3.79. The summed E-state index contributed by atoms with van der Waals surface area (Å²) >= 11 is 0. The lowest BCUT2D eigenvalue weighted by Gasteiger charge is -2.22. The molecule has 1 aromatic carbocycles. The number of aromatic nitrogens is 3. The maximum atomic E-state index is 12.7. The molecule has 2 heterocycles. The highest BCUT2D eigenvalue weighted by Crippen LogP contribution is 2.17. The van der Waals surface area contributed by atoms with E-state index in [1.807, 2.05) is 30.3 Å². The van der Waals surface area contributed by atoms with E-state index in [0.717, 1.165) is 35.9 Å². The van der Waals surface area contributed by atoms with Gasteiger partial charge in [0.15, 0.2) is 5.65 Å². The molecule has 0 atom stereocenters. The van der Waals surface area contributed by atoms with Crippen molar-refractivity contribution in [2.75, 3.05) is 0 Å². The third kappa shape index (κ3) is 4.59. The van der Waals surface area contributed by atoms with Gasteiger partial charge >= 0.3 is 5.69 Å². The number of amides is 2. The first-order valence-corrected chi connectivity index (χ1v) is 10.3. The smallest absolute Gasteiger partial charge is 0.350 e. The Kier molecular flexibility index (Phi) is 5.92. The van der Waals surface area contributed by atoms with Gasteiger partial charge in [-0.3, -0.25) is 9.59 Å². The van der Waals surface area contributed by atoms with E-state index in [4.69, 9.17) is 0 Å². The Balaban J connectivity index is 1.44. The molecule has 8 nitrogen and oxygen atoms in total. The zero-order valence-electron chi connectivity index (χ0n) is 16.7. The summed E-state index contributed by atoms with van der Waals surface area (Å²) in [4.78, 5) is 37.4. The van der Waals surface area contributed by atoms with Crippen LogP contribution < -0.4 is 16.3 Å². The van der Waals surface area contributed by atoms with Gasteiger partial charge in [0.1, 0.15) is 6.54 Å². The Morgan fingerprint density at radius 3 is 2.57 bits per heavy atom. The number of carbonyl (C=O) groups excluding carboxylic acids is 2. The average molecular weight is 407 g/mol. The van der Waals surface area contributed by atoms with Crippen LogP contribution in [0.15, 0.2) is 53.5 Å². The lowest BCUT2D eigenvalue weighted by molar-refractivity contribution is -0.122. The highest BCUT2D eigenvalue weighted by molar-refractivity contribution is 5.94. The van der Waals surface area contributed by atoms with Crippen LogP contribution in [0.5, 0.6) is 0 Å². The van der Waals surface area contributed by atoms with Crippen LogP contribution in [0, 0.1) is 0 Å². The molecule has 30 heavy (non-hydrogen) atoms. The maximum absolute atomic E-state index is 12.7. The van der Waals surface area contributed by atoms with Crippen molar-refractivity contribution in [1.82, 2.24) is 24.8 Å². The molecule has 0 spiro atoms. The van der Waals surface area contributed by atoms with E-state index in [1.165, 1.54) is 17.0 Å². The summed E-state index contributed by atoms with van der Waals surface area (Å²) in [5, 5.41) is 10.0. The van der Waals surface area contributed by atoms with Crippen LogP contribution in [0.3, 0.4) is 0 Å². The summed E-state index contributed by atoms with van der Waals surface area (Å²) in [6.07, 6.45) is 6.86. The first-order valence-electron chi connectivity index (χ1n) is 10.3. The molecule has 1 fully saturated rings. The molecule has 1 aliphatic carbocycles. The van der Waals surface area contributed by atoms with Gasteiger partial charge in [-0.05, 0) is 30.5 Å². The van der Waals surface area contributed by atoms with Crippen molar-refractivity contribution in [3.8, 4) is 0 Å². The molecule has 0 unspecified atom stereocenters. The van der Waals surface area contributed by atoms with Crippen LogP contribution in [0.25, 0.3) is 5.65 Å². The Bertz CT molecular complexity index is 1100. The van der Waals surface area contributed by atoms with Crippen LogP contribution in [0.1, 0.15) is 48.0 Å². The third-order valence-corrected chi connectivity index (χ3v) is 5.40. The molecule has 2 N–H and O–H groups in total. The fourth-order valence-corrected chi connectivity index (χ4v) is 3.79. The van der Waals surface area contributed by atoms with Crippen LogP contribution in [-0.4, -0.2) is 32.0 Å². The standard InChI is InChI=1S/C22H25N5O3/c28-20(24-18-9-5-2-6-10-18)15-27-22(30)26-14-17(11-12-19(26)25-27)21(29)23-13-16-7-3-1-4-8-16/h1,3-4,7-8,11-12,14,18H,2,5-6,9-10,13,15H2,(H,23,29)(H,24,28). The monoisotopic (exact) mass is 407 g/mol. The number of hydrogen-bond acceptors (Lipinski definition) is 4. The predicted octanol–water partition coefficient (Wildman–Crippen LogP) is 1.87. The normalized spacial score (nSPS) is 14.5. The number of carbonyl (C=O) groups is 2. The first kappa shape index (κ1) is 19.9. The maximum Gasteiger partial charge on any atom is 0.350 e. The molecule has 4 rings (SSSR count). The molecule has 1 aliphatic rings. The van der Waals surface area contributed by atoms with Crippen molar-refractivity contribution >= 4 is 17.5 Å². The Morgan fingerprint density at radius 1 is 1.03 bits per heavy atom. The molecule has 0 saturated heterocycles. The van der Waals surface area contributed by atoms with E-state index in [1.54, 1.807) is 12.1 Å². The number of nitrogens with zero attached hydrogens (tertiary/aromatic N) is 3. The minimum atomic E-state index is -0.443. The van der Waals surface area contributed by atoms with E-state index in [9.17, 15) is 14.4 Å². The quantitative estimate of drug-likeness (QED) is 0.652. The molecular weight excluding hydrogens is 382 g/mol. The molecule has 2 amide bonds. The Hall–Kier alpha value is -3.42. The van der Waals surface area contributed by atoms with Gasteiger partial charge in [0.2, 0.25) is 5.91 Å². The van der Waals surface area contributed by atoms with Crippen molar-refractivity contribution in [1.29, 1.82) is 0 Å². The van der Waals surface area contributed by atoms with Crippen molar-refractivity contribution in [3.63, 3.8) is 0 Å². The minimum Gasteiger partial charge on any atom is -0.352 e. The molecule has 0 bridgehead atoms. The first-order chi connectivity index (χ1) is 14.6. The van der Waals surface area contributed by atoms with Gasteiger partial charge in [0, 0.05) is 18.8 Å². The highest BCUT2D eigenvalue weighted by Gasteiger charge is 2.18. The van der Waals surface area contributed by atoms with Gasteiger partial charge in [-0.25, -0.2) is 13.9 Å². The summed E-state index contributed by atoms with van der Waals surface area (Å²) in [7, 11) is 0. The molecule has 0 aliphatic heterocycles. The number of benzene rings is 1. The molecule has 0 radical (unpaired) electrons. The van der Waals surface area contributed by atoms with Crippen molar-refractivity contribution in [2.45, 2.75) is 51.2 Å². The van der Waals surface area contributed by atoms with Gasteiger partial charge in [-0.15, -0.1) is 5.10 Å². The summed E-state index contributed by atoms with van der Waals surface area (Å²) in [6, 6.07) is 13.0. The zero-order valence-corrected chi connectivity index (χ0v) is 16.7. The number of pyridine rings is 1. The van der Waals surface area contributed by atoms with Gasteiger partial charge in [-0.2, -0.15) is 0 Å². The van der Waals surface area contributed by atoms with Crippen molar-refractivity contribution in [2.24, 2.45) is 0 Å². The highest BCUT2D eigenvalue weighted by atomic mass is 16.2. The second-order valence-corrected chi connectivity index (χ2v) is 7.66. The number of rotatable bonds is 6. The average Bonchev–Trinajstić information content (AvgIpc) is 3.08. The van der Waals surface area contributed by atoms with Gasteiger partial charge < -0.3 is 10.6 Å². The molecule has 2 aromatic heterocycles. The summed E-state index contributed by atoms with van der Waals surface area (Å²) in [5.41, 5.74) is 1.29. The summed E-state index contributed by atoms with van der Waals surface area (Å²) < 4.78 is 2.43. The van der Waals surface area contributed by atoms with Crippen molar-refractivity contribution in [3.05, 3.63) is 70.3 Å². The predicted molar refractivity (Wildman–Crippen MR) is 112 cm³/mol. The summed E-state index contributed by atoms with van der Waals surface area (Å²) in [5.74, 6) is -0.497. The van der Waals surface area contributed by atoms with E-state index < -0.39 is 5.69 Å². The van der Waals surface area contributed by atoms with Crippen LogP contribution in [0.4, 0.5) is 0 Å². The molecule has 3 aromatic rings. The molecular formula is C22H25N5O3. The third-order valence-electron chi connectivity index (χ3n) is 5.40. The van der Waals surface area contributed by atoms with E-state index in [-0.39, 0.29) is 24.4 Å². The molecule has 156 valence electrons. The Morgan fingerprint density at radius 2 is 1.80 bits per heavy atom. The van der Waals surface area contributed by atoms with Crippen molar-refractivity contribution < 1.29 is 9.59 Å². The largest absolute Gasteiger partial charge is 0.352 e. The molecule has 1 saturated carbocycles. The topological polar surface area (TPSA) is 97.5 Å². The lowest BCUT2D eigenvalue weighted by atomic mass is 9.95. The summed E-state index contributed by atoms with van der Waals surface area (Å²) in [6.45, 7) is 0.264. The van der Waals surface area contributed by atoms with Gasteiger partial charge in [-0.1, -0.05) is 49.6 Å².